The fourth-order valence-electron chi connectivity index (χ4n) is 3.28. The molecule has 6 heteroatoms. The highest BCUT2D eigenvalue weighted by atomic mass is 16.2. The van der Waals surface area contributed by atoms with Gasteiger partial charge in [0, 0.05) is 23.9 Å². The van der Waals surface area contributed by atoms with Crippen molar-refractivity contribution in [1.82, 2.24) is 5.32 Å². The molecule has 2 aromatic carbocycles. The fourth-order valence-corrected chi connectivity index (χ4v) is 3.28. The van der Waals surface area contributed by atoms with Gasteiger partial charge in [0.2, 0.25) is 11.8 Å². The Bertz CT molecular complexity index is 803. The van der Waals surface area contributed by atoms with Crippen LogP contribution in [0.15, 0.2) is 54.6 Å². The number of nitrogen functional groups attached to an aromatic ring is 1. The van der Waals surface area contributed by atoms with Crippen LogP contribution in [0.2, 0.25) is 0 Å². The van der Waals surface area contributed by atoms with Crippen molar-refractivity contribution in [3.8, 4) is 0 Å². The zero-order chi connectivity index (χ0) is 20.5. The topological polar surface area (TPSA) is 122 Å². The summed E-state index contributed by atoms with van der Waals surface area (Å²) in [4.78, 5) is 24.7. The number of nitrogens with one attached hydrogen (secondary N) is 2. The third-order valence-corrected chi connectivity index (χ3v) is 4.95. The van der Waals surface area contributed by atoms with E-state index >= 15 is 0 Å². The van der Waals surface area contributed by atoms with E-state index in [0.717, 1.165) is 11.1 Å². The van der Waals surface area contributed by atoms with Gasteiger partial charge >= 0.3 is 0 Å². The Morgan fingerprint density at radius 2 is 1.61 bits per heavy atom. The number of rotatable bonds is 10. The van der Waals surface area contributed by atoms with Crippen LogP contribution in [0.4, 0.5) is 0 Å². The van der Waals surface area contributed by atoms with E-state index in [2.05, 4.69) is 5.32 Å². The van der Waals surface area contributed by atoms with Gasteiger partial charge in [-0.25, -0.2) is 0 Å². The van der Waals surface area contributed by atoms with Crippen LogP contribution in [0.25, 0.3) is 0 Å². The summed E-state index contributed by atoms with van der Waals surface area (Å²) in [5.41, 5.74) is 13.7. The average Bonchev–Trinajstić information content (AvgIpc) is 2.70. The molecule has 0 spiro atoms. The van der Waals surface area contributed by atoms with Crippen molar-refractivity contribution in [2.45, 2.75) is 32.7 Å². The quantitative estimate of drug-likeness (QED) is 0.374. The van der Waals surface area contributed by atoms with E-state index in [1.165, 1.54) is 0 Å². The lowest BCUT2D eigenvalue weighted by Crippen LogP contribution is -2.40. The number of hydrogen-bond donors (Lipinski definition) is 4. The van der Waals surface area contributed by atoms with E-state index in [-0.39, 0.29) is 11.7 Å². The summed E-state index contributed by atoms with van der Waals surface area (Å²) in [6, 6.07) is 17.0. The SMILES string of the molecule is CC[C@H](C(=O)NCc1ccc(C(=N)N)cc1)C(CCc1ccccc1)C(N)=O. The summed E-state index contributed by atoms with van der Waals surface area (Å²) in [6.07, 6.45) is 1.78. The first-order chi connectivity index (χ1) is 13.4. The van der Waals surface area contributed by atoms with E-state index < -0.39 is 17.7 Å². The third kappa shape index (κ3) is 5.94. The number of amidine groups is 1. The average molecular weight is 380 g/mol. The predicted molar refractivity (Wildman–Crippen MR) is 111 cm³/mol. The first kappa shape index (κ1) is 21.2. The molecule has 0 saturated heterocycles. The number of benzene rings is 2. The van der Waals surface area contributed by atoms with Crippen LogP contribution < -0.4 is 16.8 Å². The van der Waals surface area contributed by atoms with Crippen LogP contribution in [-0.2, 0) is 22.6 Å². The smallest absolute Gasteiger partial charge is 0.224 e. The molecule has 0 bridgehead atoms. The Labute approximate surface area is 165 Å². The lowest BCUT2D eigenvalue weighted by molar-refractivity contribution is -0.133. The number of amides is 2. The first-order valence-corrected chi connectivity index (χ1v) is 9.46. The second-order valence-electron chi connectivity index (χ2n) is 6.88. The Morgan fingerprint density at radius 3 is 2.14 bits per heavy atom. The van der Waals surface area contributed by atoms with E-state index in [1.807, 2.05) is 49.4 Å². The molecule has 2 aromatic rings. The Kier molecular flexibility index (Phi) is 7.75. The lowest BCUT2D eigenvalue weighted by atomic mass is 9.84. The Morgan fingerprint density at radius 1 is 0.964 bits per heavy atom. The molecule has 6 N–H and O–H groups in total. The molecule has 0 fully saturated rings. The molecule has 6 nitrogen and oxygen atoms in total. The molecule has 28 heavy (non-hydrogen) atoms. The summed E-state index contributed by atoms with van der Waals surface area (Å²) >= 11 is 0. The molecule has 1 unspecified atom stereocenters. The maximum atomic E-state index is 12.7. The van der Waals surface area contributed by atoms with Gasteiger partial charge in [-0.15, -0.1) is 0 Å². The molecule has 0 aliphatic rings. The van der Waals surface area contributed by atoms with Crippen LogP contribution in [-0.4, -0.2) is 17.6 Å². The van der Waals surface area contributed by atoms with Crippen LogP contribution in [0.3, 0.4) is 0 Å². The summed E-state index contributed by atoms with van der Waals surface area (Å²) in [5, 5.41) is 10.3. The van der Waals surface area contributed by atoms with Gasteiger partial charge < -0.3 is 16.8 Å². The van der Waals surface area contributed by atoms with Crippen molar-refractivity contribution in [3.05, 3.63) is 71.3 Å². The highest BCUT2D eigenvalue weighted by Gasteiger charge is 2.30. The van der Waals surface area contributed by atoms with Gasteiger partial charge in [-0.3, -0.25) is 15.0 Å². The number of hydrogen-bond acceptors (Lipinski definition) is 3. The second-order valence-corrected chi connectivity index (χ2v) is 6.88. The van der Waals surface area contributed by atoms with Gasteiger partial charge in [-0.2, -0.15) is 0 Å². The van der Waals surface area contributed by atoms with Gasteiger partial charge in [-0.1, -0.05) is 61.5 Å². The van der Waals surface area contributed by atoms with Crippen molar-refractivity contribution in [2.75, 3.05) is 0 Å². The minimum Gasteiger partial charge on any atom is -0.384 e. The van der Waals surface area contributed by atoms with Crippen molar-refractivity contribution in [2.24, 2.45) is 23.3 Å². The molecule has 2 rings (SSSR count). The van der Waals surface area contributed by atoms with Crippen molar-refractivity contribution in [3.63, 3.8) is 0 Å². The summed E-state index contributed by atoms with van der Waals surface area (Å²) in [6.45, 7) is 2.24. The van der Waals surface area contributed by atoms with Gasteiger partial charge in [-0.05, 0) is 30.4 Å². The monoisotopic (exact) mass is 380 g/mol. The molecular formula is C22H28N4O2. The second kappa shape index (κ2) is 10.3. The number of carbonyl (C=O) groups is 2. The molecule has 148 valence electrons. The molecule has 2 amide bonds. The number of nitrogens with two attached hydrogens (primary N) is 2. The summed E-state index contributed by atoms with van der Waals surface area (Å²) in [7, 11) is 0. The highest BCUT2D eigenvalue weighted by Crippen LogP contribution is 2.22. The molecule has 0 radical (unpaired) electrons. The number of aryl methyl sites for hydroxylation is 1. The Balaban J connectivity index is 1.98. The van der Waals surface area contributed by atoms with Crippen LogP contribution in [0, 0.1) is 17.2 Å². The fraction of sp³-hybridized carbons (Fsp3) is 0.318. The minimum absolute atomic E-state index is 0.00403. The predicted octanol–water partition coefficient (Wildman–Crippen LogP) is 2.35. The first-order valence-electron chi connectivity index (χ1n) is 9.46. The van der Waals surface area contributed by atoms with Gasteiger partial charge in [0.25, 0.3) is 0 Å². The summed E-state index contributed by atoms with van der Waals surface area (Å²) < 4.78 is 0. The molecule has 2 atom stereocenters. The minimum atomic E-state index is -0.509. The third-order valence-electron chi connectivity index (χ3n) is 4.95. The molecule has 0 aliphatic heterocycles. The van der Waals surface area contributed by atoms with Crippen molar-refractivity contribution >= 4 is 17.6 Å². The standard InChI is InChI=1S/C22H28N4O2/c1-2-18(19(21(25)27)13-10-15-6-4-3-5-7-15)22(28)26-14-16-8-11-17(12-9-16)20(23)24/h3-9,11-12,18-19H,2,10,13-14H2,1H3,(H3,23,24)(H2,25,27)(H,26,28)/t18-,19?/m0/s1. The maximum Gasteiger partial charge on any atom is 0.224 e. The van der Waals surface area contributed by atoms with Crippen LogP contribution in [0.1, 0.15) is 36.5 Å². The molecule has 0 saturated carbocycles. The van der Waals surface area contributed by atoms with Crippen molar-refractivity contribution in [1.29, 1.82) is 5.41 Å². The van der Waals surface area contributed by atoms with E-state index in [9.17, 15) is 9.59 Å². The molecule has 0 aromatic heterocycles. The molecule has 0 aliphatic carbocycles. The van der Waals surface area contributed by atoms with Crippen molar-refractivity contribution < 1.29 is 9.59 Å². The largest absolute Gasteiger partial charge is 0.384 e. The normalized spacial score (nSPS) is 12.8. The van der Waals surface area contributed by atoms with Gasteiger partial charge in [0.1, 0.15) is 5.84 Å². The lowest BCUT2D eigenvalue weighted by Gasteiger charge is -2.23. The van der Waals surface area contributed by atoms with E-state index in [0.29, 0.717) is 31.4 Å². The molecule has 0 heterocycles. The van der Waals surface area contributed by atoms with Crippen LogP contribution in [0.5, 0.6) is 0 Å². The molecular weight excluding hydrogens is 352 g/mol. The zero-order valence-electron chi connectivity index (χ0n) is 16.2. The Hall–Kier alpha value is -3.15. The van der Waals surface area contributed by atoms with Gasteiger partial charge in [0.15, 0.2) is 0 Å². The van der Waals surface area contributed by atoms with Gasteiger partial charge in [0.05, 0.1) is 0 Å². The maximum absolute atomic E-state index is 12.7. The van der Waals surface area contributed by atoms with E-state index in [1.54, 1.807) is 12.1 Å². The summed E-state index contributed by atoms with van der Waals surface area (Å²) in [5.74, 6) is -1.58. The van der Waals surface area contributed by atoms with Crippen LogP contribution >= 0.6 is 0 Å². The number of primary amides is 1. The number of carbonyl (C=O) groups excluding carboxylic acids is 2. The van der Waals surface area contributed by atoms with E-state index in [4.69, 9.17) is 16.9 Å². The zero-order valence-corrected chi connectivity index (χ0v) is 16.2. The highest BCUT2D eigenvalue weighted by molar-refractivity contribution is 5.94.